The van der Waals surface area contributed by atoms with Gasteiger partial charge in [0.15, 0.2) is 0 Å². The molecule has 0 aliphatic heterocycles. The van der Waals surface area contributed by atoms with Crippen LogP contribution >= 0.6 is 23.2 Å². The molecule has 0 fully saturated rings. The van der Waals surface area contributed by atoms with Crippen LogP contribution in [0.3, 0.4) is 0 Å². The molecule has 17 heavy (non-hydrogen) atoms. The number of hydrogen-bond acceptors (Lipinski definition) is 3. The zero-order chi connectivity index (χ0) is 12.4. The first-order chi connectivity index (χ1) is 8.13. The van der Waals surface area contributed by atoms with Crippen LogP contribution in [0.2, 0.25) is 10.0 Å². The molecule has 0 saturated heterocycles. The minimum atomic E-state index is -0.147. The highest BCUT2D eigenvalue weighted by Crippen LogP contribution is 2.35. The van der Waals surface area contributed by atoms with E-state index >= 15 is 0 Å². The number of pyridine rings is 1. The van der Waals surface area contributed by atoms with E-state index in [-0.39, 0.29) is 6.61 Å². The molecule has 0 aliphatic carbocycles. The predicted octanol–water partition coefficient (Wildman–Crippen LogP) is 3.13. The van der Waals surface area contributed by atoms with Crippen molar-refractivity contribution in [1.82, 2.24) is 4.98 Å². The van der Waals surface area contributed by atoms with Crippen molar-refractivity contribution >= 4 is 28.9 Å². The zero-order valence-corrected chi connectivity index (χ0v) is 10.3. The summed E-state index contributed by atoms with van der Waals surface area (Å²) in [5.41, 5.74) is 8.06. The number of aliphatic hydroxyl groups is 1. The van der Waals surface area contributed by atoms with Crippen LogP contribution in [0.15, 0.2) is 30.3 Å². The molecule has 5 heteroatoms. The van der Waals surface area contributed by atoms with Gasteiger partial charge in [-0.25, -0.2) is 4.98 Å². The number of nitrogen functional groups attached to an aromatic ring is 1. The van der Waals surface area contributed by atoms with E-state index in [1.165, 1.54) is 0 Å². The Morgan fingerprint density at radius 2 is 1.94 bits per heavy atom. The summed E-state index contributed by atoms with van der Waals surface area (Å²) < 4.78 is 0. The summed E-state index contributed by atoms with van der Waals surface area (Å²) in [6.07, 6.45) is 0. The number of halogens is 2. The third kappa shape index (κ3) is 2.36. The number of benzene rings is 1. The zero-order valence-electron chi connectivity index (χ0n) is 8.82. The second kappa shape index (κ2) is 4.92. The van der Waals surface area contributed by atoms with Crippen molar-refractivity contribution in [2.75, 3.05) is 5.73 Å². The number of rotatable bonds is 2. The molecule has 0 radical (unpaired) electrons. The van der Waals surface area contributed by atoms with Crippen LogP contribution < -0.4 is 5.73 Å². The molecule has 0 aliphatic rings. The fourth-order valence-corrected chi connectivity index (χ4v) is 1.89. The molecule has 0 unspecified atom stereocenters. The van der Waals surface area contributed by atoms with Crippen LogP contribution in [0.5, 0.6) is 0 Å². The largest absolute Gasteiger partial charge is 0.397 e. The van der Waals surface area contributed by atoms with Crippen molar-refractivity contribution in [2.45, 2.75) is 6.61 Å². The summed E-state index contributed by atoms with van der Waals surface area (Å²) >= 11 is 12.0. The molecule has 1 aromatic carbocycles. The Labute approximate surface area is 109 Å². The van der Waals surface area contributed by atoms with E-state index in [9.17, 15) is 0 Å². The van der Waals surface area contributed by atoms with Gasteiger partial charge >= 0.3 is 0 Å². The second-order valence-electron chi connectivity index (χ2n) is 3.50. The van der Waals surface area contributed by atoms with Gasteiger partial charge in [0, 0.05) is 5.56 Å². The quantitative estimate of drug-likeness (QED) is 0.880. The number of nitrogens with two attached hydrogens (primary N) is 1. The van der Waals surface area contributed by atoms with Gasteiger partial charge in [0.25, 0.3) is 0 Å². The highest BCUT2D eigenvalue weighted by Gasteiger charge is 2.11. The van der Waals surface area contributed by atoms with Crippen molar-refractivity contribution in [3.8, 4) is 11.3 Å². The number of aromatic nitrogens is 1. The summed E-state index contributed by atoms with van der Waals surface area (Å²) in [5.74, 6) is 0. The van der Waals surface area contributed by atoms with Gasteiger partial charge in [-0.05, 0) is 18.2 Å². The molecule has 3 nitrogen and oxygen atoms in total. The Bertz CT molecular complexity index is 558. The molecule has 0 saturated carbocycles. The molecule has 2 rings (SSSR count). The van der Waals surface area contributed by atoms with Gasteiger partial charge in [0.1, 0.15) is 0 Å². The number of nitrogens with zero attached hydrogens (tertiary/aromatic N) is 1. The van der Waals surface area contributed by atoms with Gasteiger partial charge in [-0.2, -0.15) is 0 Å². The topological polar surface area (TPSA) is 59.1 Å². The van der Waals surface area contributed by atoms with Gasteiger partial charge in [-0.1, -0.05) is 35.3 Å². The van der Waals surface area contributed by atoms with E-state index in [4.69, 9.17) is 34.0 Å². The average Bonchev–Trinajstić information content (AvgIpc) is 2.34. The highest BCUT2D eigenvalue weighted by molar-refractivity contribution is 6.43. The van der Waals surface area contributed by atoms with Gasteiger partial charge in [0.05, 0.1) is 33.7 Å². The number of anilines is 1. The third-order valence-electron chi connectivity index (χ3n) is 2.35. The van der Waals surface area contributed by atoms with Gasteiger partial charge < -0.3 is 10.8 Å². The Morgan fingerprint density at radius 3 is 2.65 bits per heavy atom. The summed E-state index contributed by atoms with van der Waals surface area (Å²) in [5, 5.41) is 9.91. The van der Waals surface area contributed by atoms with Crippen LogP contribution in [0, 0.1) is 0 Å². The predicted molar refractivity (Wildman–Crippen MR) is 70.0 cm³/mol. The average molecular weight is 269 g/mol. The van der Waals surface area contributed by atoms with E-state index in [1.54, 1.807) is 30.3 Å². The Hall–Kier alpha value is -1.29. The van der Waals surface area contributed by atoms with Gasteiger partial charge in [-0.15, -0.1) is 0 Å². The first-order valence-electron chi connectivity index (χ1n) is 4.94. The van der Waals surface area contributed by atoms with Crippen molar-refractivity contribution in [2.24, 2.45) is 0 Å². The minimum absolute atomic E-state index is 0.147. The van der Waals surface area contributed by atoms with Crippen LogP contribution in [0.4, 0.5) is 5.69 Å². The lowest BCUT2D eigenvalue weighted by atomic mass is 10.1. The van der Waals surface area contributed by atoms with Crippen LogP contribution in [0.1, 0.15) is 5.69 Å². The molecular formula is C12H10Cl2N2O. The highest BCUT2D eigenvalue weighted by atomic mass is 35.5. The van der Waals surface area contributed by atoms with Crippen molar-refractivity contribution < 1.29 is 5.11 Å². The van der Waals surface area contributed by atoms with E-state index < -0.39 is 0 Å². The van der Waals surface area contributed by atoms with Gasteiger partial charge in [-0.3, -0.25) is 0 Å². The Kier molecular flexibility index (Phi) is 3.52. The summed E-state index contributed by atoms with van der Waals surface area (Å²) in [6.45, 7) is -0.147. The molecule has 0 spiro atoms. The normalized spacial score (nSPS) is 10.5. The van der Waals surface area contributed by atoms with E-state index in [2.05, 4.69) is 4.98 Å². The lowest BCUT2D eigenvalue weighted by molar-refractivity contribution is 0.277. The minimum Gasteiger partial charge on any atom is -0.397 e. The third-order valence-corrected chi connectivity index (χ3v) is 3.17. The van der Waals surface area contributed by atoms with Crippen molar-refractivity contribution in [1.29, 1.82) is 0 Å². The van der Waals surface area contributed by atoms with E-state index in [0.717, 1.165) is 0 Å². The molecule has 3 N–H and O–H groups in total. The van der Waals surface area contributed by atoms with E-state index in [0.29, 0.717) is 32.7 Å². The monoisotopic (exact) mass is 268 g/mol. The summed E-state index contributed by atoms with van der Waals surface area (Å²) in [7, 11) is 0. The molecular weight excluding hydrogens is 259 g/mol. The molecule has 0 atom stereocenters. The molecule has 0 amide bonds. The van der Waals surface area contributed by atoms with Crippen molar-refractivity contribution in [3.05, 3.63) is 46.1 Å². The maximum Gasteiger partial charge on any atom is 0.0950 e. The molecule has 1 heterocycles. The SMILES string of the molecule is Nc1ccc(CO)nc1-c1cccc(Cl)c1Cl. The fourth-order valence-electron chi connectivity index (χ4n) is 1.50. The van der Waals surface area contributed by atoms with Gasteiger partial charge in [0.2, 0.25) is 0 Å². The Morgan fingerprint density at radius 1 is 1.18 bits per heavy atom. The van der Waals surface area contributed by atoms with Crippen LogP contribution in [0.25, 0.3) is 11.3 Å². The standard InChI is InChI=1S/C12H10Cl2N2O/c13-9-3-1-2-8(11(9)14)12-10(15)5-4-7(6-17)16-12/h1-5,17H,6,15H2. The van der Waals surface area contributed by atoms with Crippen molar-refractivity contribution in [3.63, 3.8) is 0 Å². The maximum absolute atomic E-state index is 9.06. The maximum atomic E-state index is 9.06. The van der Waals surface area contributed by atoms with E-state index in [1.807, 2.05) is 0 Å². The number of aliphatic hydroxyl groups excluding tert-OH is 1. The number of hydrogen-bond donors (Lipinski definition) is 2. The Balaban J connectivity index is 2.63. The molecule has 0 bridgehead atoms. The molecule has 2 aromatic rings. The lowest BCUT2D eigenvalue weighted by Crippen LogP contribution is -1.98. The lowest BCUT2D eigenvalue weighted by Gasteiger charge is -2.09. The summed E-state index contributed by atoms with van der Waals surface area (Å²) in [6, 6.07) is 8.60. The molecule has 88 valence electrons. The molecule has 1 aromatic heterocycles. The second-order valence-corrected chi connectivity index (χ2v) is 4.29. The summed E-state index contributed by atoms with van der Waals surface area (Å²) in [4.78, 5) is 4.24. The first-order valence-corrected chi connectivity index (χ1v) is 5.69. The first kappa shape index (κ1) is 12.2. The fraction of sp³-hybridized carbons (Fsp3) is 0.0833. The smallest absolute Gasteiger partial charge is 0.0950 e. The van der Waals surface area contributed by atoms with Crippen LogP contribution in [-0.4, -0.2) is 10.1 Å². The van der Waals surface area contributed by atoms with Crippen LogP contribution in [-0.2, 0) is 6.61 Å².